The van der Waals surface area contributed by atoms with Crippen molar-refractivity contribution in [1.29, 1.82) is 0 Å². The molecule has 3 nitrogen and oxygen atoms in total. The number of aromatic nitrogens is 3. The minimum atomic E-state index is -0.0846. The molecule has 0 saturated carbocycles. The number of hydrogen-bond acceptors (Lipinski definition) is 2. The summed E-state index contributed by atoms with van der Waals surface area (Å²) in [4.78, 5) is 5.21. The number of imidazole rings is 1. The third kappa shape index (κ3) is 3.86. The van der Waals surface area contributed by atoms with E-state index in [-0.39, 0.29) is 5.54 Å². The van der Waals surface area contributed by atoms with E-state index in [4.69, 9.17) is 4.98 Å². The Morgan fingerprint density at radius 3 is 2.08 bits per heavy atom. The summed E-state index contributed by atoms with van der Waals surface area (Å²) in [6.07, 6.45) is 0. The lowest BCUT2D eigenvalue weighted by Gasteiger charge is -2.19. The molecule has 2 aromatic heterocycles. The molecule has 0 aliphatic rings. The van der Waals surface area contributed by atoms with E-state index in [1.165, 1.54) is 60.5 Å². The van der Waals surface area contributed by atoms with Gasteiger partial charge in [0.15, 0.2) is 11.0 Å². The lowest BCUT2D eigenvalue weighted by atomic mass is 9.96. The van der Waals surface area contributed by atoms with Crippen molar-refractivity contribution < 1.29 is 4.57 Å². The molecule has 0 atom stereocenters. The van der Waals surface area contributed by atoms with E-state index in [1.807, 2.05) is 11.3 Å². The van der Waals surface area contributed by atoms with Crippen LogP contribution in [0.1, 0.15) is 37.5 Å². The first-order valence-electron chi connectivity index (χ1n) is 13.2. The van der Waals surface area contributed by atoms with E-state index >= 15 is 0 Å². The molecule has 0 spiro atoms. The molecule has 0 aliphatic heterocycles. The van der Waals surface area contributed by atoms with Crippen molar-refractivity contribution in [2.75, 3.05) is 0 Å². The van der Waals surface area contributed by atoms with Gasteiger partial charge in [-0.2, -0.15) is 0 Å². The van der Waals surface area contributed by atoms with Gasteiger partial charge in [0, 0.05) is 5.56 Å². The zero-order valence-electron chi connectivity index (χ0n) is 23.3. The first-order chi connectivity index (χ1) is 18.1. The van der Waals surface area contributed by atoms with Crippen molar-refractivity contribution in [2.24, 2.45) is 7.05 Å². The summed E-state index contributed by atoms with van der Waals surface area (Å²) < 4.78 is 6.09. The first kappa shape index (κ1) is 24.6. The summed E-state index contributed by atoms with van der Waals surface area (Å²) in [6, 6.07) is 28.3. The Balaban J connectivity index is 1.60. The van der Waals surface area contributed by atoms with Crippen LogP contribution in [0.5, 0.6) is 0 Å². The number of thiazole rings is 1. The molecule has 6 aromatic rings. The SMILES string of the molecule is Cc1cc(-c2ccccc2)cc(C)c1-c1nc2ccc(C)c(-c3n(C(C)(C)C)c4ccccc4[n+]3C)c2s1. The van der Waals surface area contributed by atoms with Gasteiger partial charge in [-0.1, -0.05) is 60.7 Å². The standard InChI is InChI=1S/C34H34N3S/c1-21-17-18-26-31(30(21)33-36(7)27-15-11-12-16-28(27)37(33)34(4,5)6)38-32(35-26)29-22(2)19-25(20-23(29)3)24-13-9-8-10-14-24/h8-20H,1-7H3/q+1. The molecular formula is C34H34N3S+. The van der Waals surface area contributed by atoms with Crippen molar-refractivity contribution in [3.05, 3.63) is 95.6 Å². The molecule has 38 heavy (non-hydrogen) atoms. The highest BCUT2D eigenvalue weighted by atomic mass is 32.1. The zero-order chi connectivity index (χ0) is 26.8. The second-order valence-corrected chi connectivity index (χ2v) is 12.4. The second-order valence-electron chi connectivity index (χ2n) is 11.4. The van der Waals surface area contributed by atoms with Crippen molar-refractivity contribution in [2.45, 2.75) is 47.1 Å². The largest absolute Gasteiger partial charge is 0.291 e. The number of para-hydroxylation sites is 2. The van der Waals surface area contributed by atoms with Gasteiger partial charge in [0.1, 0.15) is 10.5 Å². The van der Waals surface area contributed by atoms with Gasteiger partial charge < -0.3 is 0 Å². The Morgan fingerprint density at radius 2 is 1.39 bits per heavy atom. The Morgan fingerprint density at radius 1 is 0.737 bits per heavy atom. The van der Waals surface area contributed by atoms with Crippen LogP contribution >= 0.6 is 11.3 Å². The van der Waals surface area contributed by atoms with Gasteiger partial charge in [-0.25, -0.2) is 14.1 Å². The summed E-state index contributed by atoms with van der Waals surface area (Å²) >= 11 is 1.82. The molecule has 0 radical (unpaired) electrons. The summed E-state index contributed by atoms with van der Waals surface area (Å²) in [7, 11) is 2.19. The molecule has 0 fully saturated rings. The molecule has 4 heteroatoms. The highest BCUT2D eigenvalue weighted by molar-refractivity contribution is 7.22. The molecule has 2 heterocycles. The molecule has 190 valence electrons. The van der Waals surface area contributed by atoms with Crippen LogP contribution in [-0.4, -0.2) is 9.55 Å². The number of nitrogens with zero attached hydrogens (tertiary/aromatic N) is 3. The van der Waals surface area contributed by atoms with E-state index < -0.39 is 0 Å². The highest BCUT2D eigenvalue weighted by Gasteiger charge is 2.34. The molecule has 0 amide bonds. The quantitative estimate of drug-likeness (QED) is 0.215. The van der Waals surface area contributed by atoms with Crippen LogP contribution in [0.25, 0.3) is 54.3 Å². The van der Waals surface area contributed by atoms with Gasteiger partial charge in [-0.15, -0.1) is 11.3 Å². The fraction of sp³-hybridized carbons (Fsp3) is 0.235. The number of fused-ring (bicyclic) bond motifs is 2. The first-order valence-corrected chi connectivity index (χ1v) is 14.0. The monoisotopic (exact) mass is 516 g/mol. The van der Waals surface area contributed by atoms with Gasteiger partial charge in [-0.3, -0.25) is 0 Å². The molecule has 0 N–H and O–H groups in total. The molecular weight excluding hydrogens is 482 g/mol. The van der Waals surface area contributed by atoms with Crippen molar-refractivity contribution in [3.63, 3.8) is 0 Å². The number of aryl methyl sites for hydroxylation is 4. The summed E-state index contributed by atoms with van der Waals surface area (Å²) in [5.41, 5.74) is 12.3. The normalized spacial score (nSPS) is 12.1. The van der Waals surface area contributed by atoms with Crippen LogP contribution in [0.3, 0.4) is 0 Å². The molecule has 0 unspecified atom stereocenters. The average molecular weight is 517 g/mol. The van der Waals surface area contributed by atoms with Crippen molar-refractivity contribution in [1.82, 2.24) is 9.55 Å². The maximum atomic E-state index is 5.21. The van der Waals surface area contributed by atoms with Gasteiger partial charge in [0.25, 0.3) is 5.82 Å². The fourth-order valence-electron chi connectivity index (χ4n) is 5.85. The second kappa shape index (κ2) is 8.92. The third-order valence-electron chi connectivity index (χ3n) is 7.53. The molecule has 0 aliphatic carbocycles. The number of rotatable bonds is 3. The van der Waals surface area contributed by atoms with Crippen LogP contribution in [-0.2, 0) is 12.6 Å². The van der Waals surface area contributed by atoms with Gasteiger partial charge in [0.05, 0.1) is 22.8 Å². The molecule has 4 aromatic carbocycles. The maximum Gasteiger partial charge on any atom is 0.291 e. The minimum Gasteiger partial charge on any atom is -0.236 e. The van der Waals surface area contributed by atoms with E-state index in [1.54, 1.807) is 0 Å². The zero-order valence-corrected chi connectivity index (χ0v) is 24.1. The Hall–Kier alpha value is -3.76. The predicted molar refractivity (Wildman–Crippen MR) is 162 cm³/mol. The van der Waals surface area contributed by atoms with E-state index in [0.717, 1.165) is 10.5 Å². The topological polar surface area (TPSA) is 21.7 Å². The third-order valence-corrected chi connectivity index (χ3v) is 8.63. The minimum absolute atomic E-state index is 0.0846. The maximum absolute atomic E-state index is 5.21. The average Bonchev–Trinajstić information content (AvgIpc) is 3.43. The summed E-state index contributed by atoms with van der Waals surface area (Å²) in [5, 5.41) is 1.09. The number of hydrogen-bond donors (Lipinski definition) is 0. The lowest BCUT2D eigenvalue weighted by Crippen LogP contribution is -2.33. The Bertz CT molecular complexity index is 1810. The van der Waals surface area contributed by atoms with Crippen LogP contribution in [0.4, 0.5) is 0 Å². The molecule has 0 saturated heterocycles. The predicted octanol–water partition coefficient (Wildman–Crippen LogP) is 8.76. The van der Waals surface area contributed by atoms with Gasteiger partial charge >= 0.3 is 0 Å². The molecule has 0 bridgehead atoms. The van der Waals surface area contributed by atoms with Crippen LogP contribution in [0, 0.1) is 20.8 Å². The summed E-state index contributed by atoms with van der Waals surface area (Å²) in [6.45, 7) is 13.5. The van der Waals surface area contributed by atoms with Gasteiger partial charge in [0.2, 0.25) is 0 Å². The van der Waals surface area contributed by atoms with E-state index in [0.29, 0.717) is 0 Å². The highest BCUT2D eigenvalue weighted by Crippen LogP contribution is 2.42. The Kier molecular flexibility index (Phi) is 5.77. The van der Waals surface area contributed by atoms with Crippen LogP contribution in [0.15, 0.2) is 78.9 Å². The molecule has 6 rings (SSSR count). The van der Waals surface area contributed by atoms with E-state index in [2.05, 4.69) is 137 Å². The lowest BCUT2D eigenvalue weighted by molar-refractivity contribution is -0.634. The van der Waals surface area contributed by atoms with Crippen molar-refractivity contribution in [3.8, 4) is 33.1 Å². The summed E-state index contributed by atoms with van der Waals surface area (Å²) in [5.74, 6) is 1.23. The van der Waals surface area contributed by atoms with E-state index in [9.17, 15) is 0 Å². The van der Waals surface area contributed by atoms with Crippen LogP contribution in [0.2, 0.25) is 0 Å². The number of benzene rings is 4. The smallest absolute Gasteiger partial charge is 0.236 e. The Labute approximate surface area is 229 Å². The van der Waals surface area contributed by atoms with Crippen LogP contribution < -0.4 is 4.57 Å². The van der Waals surface area contributed by atoms with Gasteiger partial charge in [-0.05, 0) is 87.6 Å². The van der Waals surface area contributed by atoms with Crippen molar-refractivity contribution >= 4 is 32.6 Å². The fourth-order valence-corrected chi connectivity index (χ4v) is 7.18.